The van der Waals surface area contributed by atoms with Crippen molar-refractivity contribution in [3.8, 4) is 11.4 Å². The molecule has 2 heterocycles. The molecular formula is C24H23ClN6O2S. The van der Waals surface area contributed by atoms with Crippen molar-refractivity contribution >= 4 is 35.0 Å². The molecule has 4 aromatic rings. The third-order valence-corrected chi connectivity index (χ3v) is 6.06. The lowest BCUT2D eigenvalue weighted by Crippen LogP contribution is -2.16. The number of hydrogen-bond acceptors (Lipinski definition) is 7. The van der Waals surface area contributed by atoms with Crippen LogP contribution in [0.1, 0.15) is 33.1 Å². The number of carbonyl (C=O) groups excluding carboxylic acids is 1. The molecule has 2 aromatic heterocycles. The quantitative estimate of drug-likeness (QED) is 0.279. The third-order valence-electron chi connectivity index (χ3n) is 4.97. The highest BCUT2D eigenvalue weighted by Gasteiger charge is 2.22. The molecule has 174 valence electrons. The number of halogens is 1. The zero-order valence-corrected chi connectivity index (χ0v) is 20.7. The Morgan fingerprint density at radius 2 is 1.76 bits per heavy atom. The number of nitrogens with one attached hydrogen (secondary N) is 1. The first-order chi connectivity index (χ1) is 16.3. The summed E-state index contributed by atoms with van der Waals surface area (Å²) in [5.41, 5.74) is 4.94. The largest absolute Gasteiger partial charge is 0.495 e. The predicted octanol–water partition coefficient (Wildman–Crippen LogP) is 5.19. The monoisotopic (exact) mass is 494 g/mol. The molecule has 1 N–H and O–H groups in total. The zero-order chi connectivity index (χ0) is 24.2. The summed E-state index contributed by atoms with van der Waals surface area (Å²) < 4.78 is 7.01. The van der Waals surface area contributed by atoms with Crippen LogP contribution in [0.5, 0.6) is 5.75 Å². The maximum atomic E-state index is 13.3. The topological polar surface area (TPSA) is 94.8 Å². The number of methoxy groups -OCH3 is 1. The lowest BCUT2D eigenvalue weighted by molar-refractivity contribution is 0.102. The summed E-state index contributed by atoms with van der Waals surface area (Å²) in [5.74, 6) is 0.457. The number of thioether (sulfide) groups is 1. The van der Waals surface area contributed by atoms with Crippen LogP contribution in [0, 0.1) is 20.8 Å². The molecule has 0 aliphatic carbocycles. The number of hydrogen-bond donors (Lipinski definition) is 1. The van der Waals surface area contributed by atoms with Gasteiger partial charge in [0.05, 0.1) is 24.2 Å². The average molecular weight is 495 g/mol. The summed E-state index contributed by atoms with van der Waals surface area (Å²) in [7, 11) is 1.53. The molecule has 0 fully saturated rings. The minimum atomic E-state index is -0.420. The standard InChI is InChI=1S/C24H23ClN6O2S/c1-14-5-8-18(9-6-14)31-20(13-34-24-26-15(2)11-16(3)27-24)22(29-30-31)23(32)28-19-12-17(25)7-10-21(19)33-4/h5-12H,13H2,1-4H3,(H,28,32). The molecule has 0 radical (unpaired) electrons. The first-order valence-corrected chi connectivity index (χ1v) is 11.8. The number of amides is 1. The minimum Gasteiger partial charge on any atom is -0.495 e. The second-order valence-electron chi connectivity index (χ2n) is 7.65. The van der Waals surface area contributed by atoms with E-state index in [-0.39, 0.29) is 5.69 Å². The second-order valence-corrected chi connectivity index (χ2v) is 9.03. The van der Waals surface area contributed by atoms with E-state index in [2.05, 4.69) is 25.6 Å². The minimum absolute atomic E-state index is 0.194. The Kier molecular flexibility index (Phi) is 7.14. The van der Waals surface area contributed by atoms with E-state index in [9.17, 15) is 4.79 Å². The van der Waals surface area contributed by atoms with Crippen LogP contribution in [0.25, 0.3) is 5.69 Å². The van der Waals surface area contributed by atoms with E-state index in [1.165, 1.54) is 18.9 Å². The Labute approximate surface area is 206 Å². The summed E-state index contributed by atoms with van der Waals surface area (Å²) in [4.78, 5) is 22.3. The zero-order valence-electron chi connectivity index (χ0n) is 19.2. The number of anilines is 1. The van der Waals surface area contributed by atoms with Crippen LogP contribution in [0.2, 0.25) is 5.02 Å². The summed E-state index contributed by atoms with van der Waals surface area (Å²) in [6.07, 6.45) is 0. The van der Waals surface area contributed by atoms with E-state index >= 15 is 0 Å². The fourth-order valence-electron chi connectivity index (χ4n) is 3.35. The maximum absolute atomic E-state index is 13.3. The van der Waals surface area contributed by atoms with Crippen LogP contribution in [0.4, 0.5) is 5.69 Å². The van der Waals surface area contributed by atoms with Gasteiger partial charge < -0.3 is 10.1 Å². The van der Waals surface area contributed by atoms with Gasteiger partial charge in [0.1, 0.15) is 5.75 Å². The van der Waals surface area contributed by atoms with Gasteiger partial charge in [0.15, 0.2) is 10.9 Å². The highest BCUT2D eigenvalue weighted by molar-refractivity contribution is 7.98. The van der Waals surface area contributed by atoms with E-state index in [1.807, 2.05) is 51.1 Å². The summed E-state index contributed by atoms with van der Waals surface area (Å²) in [6, 6.07) is 14.8. The molecular weight excluding hydrogens is 472 g/mol. The van der Waals surface area contributed by atoms with Gasteiger partial charge in [-0.2, -0.15) is 0 Å². The van der Waals surface area contributed by atoms with Crippen molar-refractivity contribution in [2.75, 3.05) is 12.4 Å². The molecule has 2 aromatic carbocycles. The number of ether oxygens (including phenoxy) is 1. The third kappa shape index (κ3) is 5.37. The number of rotatable bonds is 7. The van der Waals surface area contributed by atoms with Crippen LogP contribution in [0.3, 0.4) is 0 Å². The molecule has 0 unspecified atom stereocenters. The molecule has 0 spiro atoms. The van der Waals surface area contributed by atoms with Crippen LogP contribution in [0.15, 0.2) is 53.7 Å². The van der Waals surface area contributed by atoms with Crippen LogP contribution < -0.4 is 10.1 Å². The van der Waals surface area contributed by atoms with Gasteiger partial charge in [-0.05, 0) is 57.2 Å². The Morgan fingerprint density at radius 3 is 2.44 bits per heavy atom. The number of benzene rings is 2. The van der Waals surface area contributed by atoms with Crippen molar-refractivity contribution in [2.45, 2.75) is 31.7 Å². The van der Waals surface area contributed by atoms with Crippen LogP contribution >= 0.6 is 23.4 Å². The molecule has 0 saturated carbocycles. The van der Waals surface area contributed by atoms with Gasteiger partial charge in [-0.3, -0.25) is 4.79 Å². The summed E-state index contributed by atoms with van der Waals surface area (Å²) in [5, 5.41) is 12.4. The van der Waals surface area contributed by atoms with Crippen molar-refractivity contribution in [2.24, 2.45) is 0 Å². The van der Waals surface area contributed by atoms with Gasteiger partial charge in [-0.25, -0.2) is 14.6 Å². The van der Waals surface area contributed by atoms with Crippen molar-refractivity contribution in [1.82, 2.24) is 25.0 Å². The van der Waals surface area contributed by atoms with E-state index in [0.717, 1.165) is 22.6 Å². The van der Waals surface area contributed by atoms with E-state index in [0.29, 0.717) is 33.1 Å². The highest BCUT2D eigenvalue weighted by atomic mass is 35.5. The molecule has 34 heavy (non-hydrogen) atoms. The lowest BCUT2D eigenvalue weighted by Gasteiger charge is -2.11. The van der Waals surface area contributed by atoms with Crippen LogP contribution in [-0.2, 0) is 5.75 Å². The van der Waals surface area contributed by atoms with E-state index < -0.39 is 5.91 Å². The molecule has 0 aliphatic rings. The smallest absolute Gasteiger partial charge is 0.278 e. The SMILES string of the molecule is COc1ccc(Cl)cc1NC(=O)c1nnn(-c2ccc(C)cc2)c1CSc1nc(C)cc(C)n1. The van der Waals surface area contributed by atoms with Gasteiger partial charge in [-0.15, -0.1) is 5.10 Å². The van der Waals surface area contributed by atoms with E-state index in [1.54, 1.807) is 22.9 Å². The summed E-state index contributed by atoms with van der Waals surface area (Å²) in [6.45, 7) is 5.86. The van der Waals surface area contributed by atoms with Crippen molar-refractivity contribution in [1.29, 1.82) is 0 Å². The lowest BCUT2D eigenvalue weighted by atomic mass is 10.2. The first-order valence-electron chi connectivity index (χ1n) is 10.5. The number of carbonyl (C=O) groups is 1. The molecule has 0 aliphatic heterocycles. The second kappa shape index (κ2) is 10.2. The molecule has 8 nitrogen and oxygen atoms in total. The Bertz CT molecular complexity index is 1320. The molecule has 10 heteroatoms. The first kappa shape index (κ1) is 23.7. The number of aromatic nitrogens is 5. The summed E-state index contributed by atoms with van der Waals surface area (Å²) >= 11 is 7.54. The van der Waals surface area contributed by atoms with Crippen LogP contribution in [-0.4, -0.2) is 38.0 Å². The van der Waals surface area contributed by atoms with E-state index in [4.69, 9.17) is 16.3 Å². The molecule has 1 amide bonds. The maximum Gasteiger partial charge on any atom is 0.278 e. The average Bonchev–Trinajstić information content (AvgIpc) is 3.22. The molecule has 4 rings (SSSR count). The molecule has 0 saturated heterocycles. The Morgan fingerprint density at radius 1 is 1.06 bits per heavy atom. The van der Waals surface area contributed by atoms with Gasteiger partial charge in [0, 0.05) is 22.2 Å². The van der Waals surface area contributed by atoms with Crippen molar-refractivity contribution in [3.05, 3.63) is 81.9 Å². The number of nitrogens with zero attached hydrogens (tertiary/aromatic N) is 5. The Hall–Kier alpha value is -3.43. The molecule has 0 bridgehead atoms. The van der Waals surface area contributed by atoms with Gasteiger partial charge in [0.25, 0.3) is 5.91 Å². The van der Waals surface area contributed by atoms with Crippen molar-refractivity contribution in [3.63, 3.8) is 0 Å². The van der Waals surface area contributed by atoms with Gasteiger partial charge in [-0.1, -0.05) is 46.3 Å². The Balaban J connectivity index is 1.69. The highest BCUT2D eigenvalue weighted by Crippen LogP contribution is 2.29. The van der Waals surface area contributed by atoms with Gasteiger partial charge >= 0.3 is 0 Å². The normalized spacial score (nSPS) is 10.9. The fourth-order valence-corrected chi connectivity index (χ4v) is 4.47. The van der Waals surface area contributed by atoms with Crippen molar-refractivity contribution < 1.29 is 9.53 Å². The predicted molar refractivity (Wildman–Crippen MR) is 133 cm³/mol. The molecule has 0 atom stereocenters. The van der Waals surface area contributed by atoms with Gasteiger partial charge in [0.2, 0.25) is 0 Å². The number of aryl methyl sites for hydroxylation is 3. The fraction of sp³-hybridized carbons (Fsp3) is 0.208.